The molecule has 0 aromatic heterocycles. The minimum atomic E-state index is -0.553. The second-order valence-corrected chi connectivity index (χ2v) is 6.58. The van der Waals surface area contributed by atoms with Crippen LogP contribution in [0, 0.1) is 0 Å². The van der Waals surface area contributed by atoms with E-state index in [2.05, 4.69) is 10.6 Å². The van der Waals surface area contributed by atoms with Crippen molar-refractivity contribution in [2.24, 2.45) is 0 Å². The van der Waals surface area contributed by atoms with Gasteiger partial charge in [-0.05, 0) is 43.7 Å². The number of carbonyl (C=O) groups excluding carboxylic acids is 3. The Labute approximate surface area is 156 Å². The highest BCUT2D eigenvalue weighted by Gasteiger charge is 2.26. The van der Waals surface area contributed by atoms with E-state index in [0.29, 0.717) is 41.3 Å². The van der Waals surface area contributed by atoms with Gasteiger partial charge in [0.25, 0.3) is 11.8 Å². The zero-order valence-corrected chi connectivity index (χ0v) is 14.8. The molecule has 2 aliphatic rings. The van der Waals surface area contributed by atoms with Gasteiger partial charge in [-0.1, -0.05) is 12.1 Å². The number of hydrogen-bond acceptors (Lipinski definition) is 4. The maximum absolute atomic E-state index is 12.8. The highest BCUT2D eigenvalue weighted by Crippen LogP contribution is 2.33. The molecule has 0 spiro atoms. The fourth-order valence-corrected chi connectivity index (χ4v) is 3.29. The van der Waals surface area contributed by atoms with Gasteiger partial charge in [0.2, 0.25) is 5.91 Å². The van der Waals surface area contributed by atoms with Crippen LogP contribution < -0.4 is 20.3 Å². The fourth-order valence-electron chi connectivity index (χ4n) is 3.29. The topological polar surface area (TPSA) is 87.7 Å². The van der Waals surface area contributed by atoms with Gasteiger partial charge in [0.1, 0.15) is 5.75 Å². The number of ether oxygens (including phenoxy) is 1. The molecule has 1 atom stereocenters. The van der Waals surface area contributed by atoms with E-state index >= 15 is 0 Å². The molecule has 0 bridgehead atoms. The summed E-state index contributed by atoms with van der Waals surface area (Å²) in [5, 5.41) is 5.59. The number of amides is 3. The van der Waals surface area contributed by atoms with Gasteiger partial charge in [-0.15, -0.1) is 0 Å². The number of hydrogen-bond donors (Lipinski definition) is 2. The Balaban J connectivity index is 1.58. The third-order valence-corrected chi connectivity index (χ3v) is 4.68. The number of benzene rings is 2. The predicted molar refractivity (Wildman–Crippen MR) is 101 cm³/mol. The molecular formula is C20H19N3O4. The van der Waals surface area contributed by atoms with Gasteiger partial charge in [0.05, 0.1) is 16.9 Å². The van der Waals surface area contributed by atoms with Crippen molar-refractivity contribution >= 4 is 34.8 Å². The van der Waals surface area contributed by atoms with Crippen molar-refractivity contribution in [2.45, 2.75) is 25.9 Å². The van der Waals surface area contributed by atoms with Crippen LogP contribution in [0.1, 0.15) is 30.1 Å². The molecule has 3 amide bonds. The van der Waals surface area contributed by atoms with Crippen LogP contribution in [0.15, 0.2) is 42.5 Å². The molecule has 0 radical (unpaired) electrons. The summed E-state index contributed by atoms with van der Waals surface area (Å²) in [7, 11) is 0. The van der Waals surface area contributed by atoms with E-state index in [1.54, 1.807) is 48.2 Å². The van der Waals surface area contributed by atoms with Crippen molar-refractivity contribution in [1.82, 2.24) is 0 Å². The summed E-state index contributed by atoms with van der Waals surface area (Å²) in [6.07, 6.45) is 0.735. The van der Waals surface area contributed by atoms with E-state index in [9.17, 15) is 14.4 Å². The van der Waals surface area contributed by atoms with Crippen LogP contribution >= 0.6 is 0 Å². The molecule has 2 aromatic rings. The minimum Gasteiger partial charge on any atom is -0.479 e. The molecule has 27 heavy (non-hydrogen) atoms. The quantitative estimate of drug-likeness (QED) is 0.876. The van der Waals surface area contributed by atoms with E-state index in [1.807, 2.05) is 6.07 Å². The van der Waals surface area contributed by atoms with Crippen LogP contribution in [0.3, 0.4) is 0 Å². The van der Waals surface area contributed by atoms with E-state index in [0.717, 1.165) is 6.42 Å². The maximum Gasteiger partial charge on any atom is 0.265 e. The van der Waals surface area contributed by atoms with Crippen molar-refractivity contribution in [3.05, 3.63) is 48.0 Å². The van der Waals surface area contributed by atoms with Gasteiger partial charge in [-0.2, -0.15) is 0 Å². The Morgan fingerprint density at radius 1 is 1.22 bits per heavy atom. The van der Waals surface area contributed by atoms with Gasteiger partial charge >= 0.3 is 0 Å². The third-order valence-electron chi connectivity index (χ3n) is 4.68. The zero-order chi connectivity index (χ0) is 19.0. The highest BCUT2D eigenvalue weighted by molar-refractivity contribution is 6.11. The van der Waals surface area contributed by atoms with E-state index in [-0.39, 0.29) is 17.7 Å². The Morgan fingerprint density at radius 2 is 2.04 bits per heavy atom. The fraction of sp³-hybridized carbons (Fsp3) is 0.250. The summed E-state index contributed by atoms with van der Waals surface area (Å²) >= 11 is 0. The summed E-state index contributed by atoms with van der Waals surface area (Å²) in [4.78, 5) is 38.3. The number of fused-ring (bicyclic) bond motifs is 1. The van der Waals surface area contributed by atoms with E-state index < -0.39 is 6.10 Å². The lowest BCUT2D eigenvalue weighted by molar-refractivity contribution is -0.122. The molecule has 0 saturated carbocycles. The molecular weight excluding hydrogens is 346 g/mol. The highest BCUT2D eigenvalue weighted by atomic mass is 16.5. The first-order chi connectivity index (χ1) is 13.0. The summed E-state index contributed by atoms with van der Waals surface area (Å²) in [5.74, 6) is 0.0340. The van der Waals surface area contributed by atoms with Crippen LogP contribution in [-0.4, -0.2) is 30.4 Å². The number of para-hydroxylation sites is 1. The Hall–Kier alpha value is -3.35. The molecule has 138 valence electrons. The van der Waals surface area contributed by atoms with Gasteiger partial charge in [-0.3, -0.25) is 14.4 Å². The van der Waals surface area contributed by atoms with Crippen molar-refractivity contribution < 1.29 is 19.1 Å². The van der Waals surface area contributed by atoms with Crippen LogP contribution in [0.4, 0.5) is 17.1 Å². The van der Waals surface area contributed by atoms with Crippen molar-refractivity contribution in [3.63, 3.8) is 0 Å². The first-order valence-electron chi connectivity index (χ1n) is 8.85. The van der Waals surface area contributed by atoms with Crippen molar-refractivity contribution in [3.8, 4) is 5.75 Å². The molecule has 1 fully saturated rings. The van der Waals surface area contributed by atoms with Crippen LogP contribution in [-0.2, 0) is 9.59 Å². The molecule has 4 rings (SSSR count). The molecule has 0 aliphatic carbocycles. The first kappa shape index (κ1) is 17.1. The van der Waals surface area contributed by atoms with Gasteiger partial charge < -0.3 is 20.3 Å². The molecule has 2 heterocycles. The largest absolute Gasteiger partial charge is 0.479 e. The molecule has 2 aliphatic heterocycles. The van der Waals surface area contributed by atoms with Crippen molar-refractivity contribution in [2.75, 3.05) is 22.1 Å². The second kappa shape index (κ2) is 6.75. The summed E-state index contributed by atoms with van der Waals surface area (Å²) in [5.41, 5.74) is 2.08. The van der Waals surface area contributed by atoms with E-state index in [4.69, 9.17) is 4.74 Å². The molecule has 2 N–H and O–H groups in total. The first-order valence-corrected chi connectivity index (χ1v) is 8.85. The number of nitrogens with zero attached hydrogens (tertiary/aromatic N) is 1. The van der Waals surface area contributed by atoms with Crippen LogP contribution in [0.5, 0.6) is 5.75 Å². The van der Waals surface area contributed by atoms with Gasteiger partial charge in [0, 0.05) is 18.7 Å². The van der Waals surface area contributed by atoms with Gasteiger partial charge in [0.15, 0.2) is 6.10 Å². The summed E-state index contributed by atoms with van der Waals surface area (Å²) in [6.45, 7) is 2.29. The average Bonchev–Trinajstić information content (AvgIpc) is 3.08. The number of nitrogens with one attached hydrogen (secondary N) is 2. The Morgan fingerprint density at radius 3 is 2.81 bits per heavy atom. The molecule has 0 unspecified atom stereocenters. The second-order valence-electron chi connectivity index (χ2n) is 6.58. The predicted octanol–water partition coefficient (Wildman–Crippen LogP) is 2.79. The van der Waals surface area contributed by atoms with Gasteiger partial charge in [-0.25, -0.2) is 0 Å². The molecule has 7 heteroatoms. The minimum absolute atomic E-state index is 0.0259. The lowest BCUT2D eigenvalue weighted by Gasteiger charge is -2.24. The average molecular weight is 365 g/mol. The molecule has 1 saturated heterocycles. The lowest BCUT2D eigenvalue weighted by atomic mass is 10.1. The third kappa shape index (κ3) is 3.23. The van der Waals surface area contributed by atoms with Crippen LogP contribution in [0.2, 0.25) is 0 Å². The monoisotopic (exact) mass is 365 g/mol. The lowest BCUT2D eigenvalue weighted by Crippen LogP contribution is -2.34. The number of rotatable bonds is 3. The smallest absolute Gasteiger partial charge is 0.265 e. The SMILES string of the molecule is C[C@@H]1Oc2ccc(NC(=O)c3ccccc3N3CCCC3=O)cc2NC1=O. The van der Waals surface area contributed by atoms with Crippen LogP contribution in [0.25, 0.3) is 0 Å². The standard InChI is InChI=1S/C20H19N3O4/c1-12-19(25)22-15-11-13(8-9-17(15)27-12)21-20(26)14-5-2-3-6-16(14)23-10-4-7-18(23)24/h2-3,5-6,8-9,11-12H,4,7,10H2,1H3,(H,21,26)(H,22,25)/t12-/m0/s1. The summed E-state index contributed by atoms with van der Waals surface area (Å²) < 4.78 is 5.52. The number of carbonyl (C=O) groups is 3. The summed E-state index contributed by atoms with van der Waals surface area (Å²) in [6, 6.07) is 12.1. The number of anilines is 3. The zero-order valence-electron chi connectivity index (χ0n) is 14.8. The maximum atomic E-state index is 12.8. The Bertz CT molecular complexity index is 941. The Kier molecular flexibility index (Phi) is 4.27. The van der Waals surface area contributed by atoms with Crippen molar-refractivity contribution in [1.29, 1.82) is 0 Å². The molecule has 2 aromatic carbocycles. The van der Waals surface area contributed by atoms with E-state index in [1.165, 1.54) is 0 Å². The molecule has 7 nitrogen and oxygen atoms in total. The normalized spacial score (nSPS) is 18.6.